The van der Waals surface area contributed by atoms with Crippen LogP contribution in [0.4, 0.5) is 0 Å². The van der Waals surface area contributed by atoms with Crippen molar-refractivity contribution in [2.45, 2.75) is 54.8 Å². The highest BCUT2D eigenvalue weighted by Gasteiger charge is 2.46. The van der Waals surface area contributed by atoms with Crippen LogP contribution in [0.5, 0.6) is 0 Å². The summed E-state index contributed by atoms with van der Waals surface area (Å²) in [6, 6.07) is 12.9. The molecule has 180 valence electrons. The minimum absolute atomic E-state index is 0.000928. The Kier molecular flexibility index (Phi) is 7.01. The first-order valence-corrected chi connectivity index (χ1v) is 15.0. The van der Waals surface area contributed by atoms with Crippen molar-refractivity contribution in [1.29, 1.82) is 0 Å². The van der Waals surface area contributed by atoms with Crippen molar-refractivity contribution in [3.63, 3.8) is 0 Å². The number of sulfone groups is 2. The van der Waals surface area contributed by atoms with Gasteiger partial charge in [0, 0.05) is 18.6 Å². The molecule has 4 rings (SSSR count). The van der Waals surface area contributed by atoms with Crippen LogP contribution in [-0.2, 0) is 32.5 Å². The van der Waals surface area contributed by atoms with Crippen molar-refractivity contribution in [2.75, 3.05) is 32.1 Å². The van der Waals surface area contributed by atoms with Crippen molar-refractivity contribution in [1.82, 2.24) is 10.2 Å². The number of nitrogens with one attached hydrogen (secondary N) is 1. The molecular formula is C25H34N2O4S2. The minimum atomic E-state index is -3.79. The van der Waals surface area contributed by atoms with E-state index in [4.69, 9.17) is 0 Å². The fourth-order valence-electron chi connectivity index (χ4n) is 5.02. The smallest absolute Gasteiger partial charge is 0.183 e. The van der Waals surface area contributed by atoms with Crippen molar-refractivity contribution in [3.05, 3.63) is 64.7 Å². The third-order valence-corrected chi connectivity index (χ3v) is 11.2. The third-order valence-electron chi connectivity index (χ3n) is 7.01. The van der Waals surface area contributed by atoms with E-state index in [0.717, 1.165) is 36.8 Å². The van der Waals surface area contributed by atoms with Crippen molar-refractivity contribution in [2.24, 2.45) is 0 Å². The second-order valence-electron chi connectivity index (χ2n) is 9.70. The SMILES string of the molecule is Cc1ccc(C(CN[C@H]2CS(=O)(=O)C[C@@H]2S(=O)(=O)c2ccc3c(c2)CCCC3)N(C)C)cc1. The Balaban J connectivity index is 1.57. The van der Waals surface area contributed by atoms with Gasteiger partial charge in [-0.25, -0.2) is 16.8 Å². The first kappa shape index (κ1) is 24.4. The van der Waals surface area contributed by atoms with Crippen molar-refractivity contribution < 1.29 is 16.8 Å². The van der Waals surface area contributed by atoms with Crippen LogP contribution in [0.1, 0.15) is 41.1 Å². The lowest BCUT2D eigenvalue weighted by Gasteiger charge is -2.28. The van der Waals surface area contributed by atoms with Crippen LogP contribution in [-0.4, -0.2) is 65.2 Å². The van der Waals surface area contributed by atoms with E-state index < -0.39 is 31.0 Å². The zero-order valence-electron chi connectivity index (χ0n) is 19.6. The molecule has 1 fully saturated rings. The molecule has 0 radical (unpaired) electrons. The molecular weight excluding hydrogens is 456 g/mol. The number of hydrogen-bond donors (Lipinski definition) is 1. The molecule has 33 heavy (non-hydrogen) atoms. The lowest BCUT2D eigenvalue weighted by molar-refractivity contribution is 0.282. The Bertz CT molecular complexity index is 1210. The van der Waals surface area contributed by atoms with E-state index in [1.807, 2.05) is 27.1 Å². The number of aryl methyl sites for hydroxylation is 3. The molecule has 1 unspecified atom stereocenters. The molecule has 3 atom stereocenters. The van der Waals surface area contributed by atoms with Gasteiger partial charge in [-0.3, -0.25) is 0 Å². The first-order valence-electron chi connectivity index (χ1n) is 11.6. The lowest BCUT2D eigenvalue weighted by Crippen LogP contribution is -2.46. The molecule has 1 heterocycles. The van der Waals surface area contributed by atoms with Gasteiger partial charge >= 0.3 is 0 Å². The molecule has 1 aliphatic heterocycles. The maximum Gasteiger partial charge on any atom is 0.183 e. The monoisotopic (exact) mass is 490 g/mol. The normalized spacial score (nSPS) is 23.4. The molecule has 0 aromatic heterocycles. The van der Waals surface area contributed by atoms with E-state index in [9.17, 15) is 16.8 Å². The zero-order chi connectivity index (χ0) is 23.8. The van der Waals surface area contributed by atoms with E-state index in [1.165, 1.54) is 11.1 Å². The number of rotatable bonds is 7. The van der Waals surface area contributed by atoms with Gasteiger partial charge in [0.25, 0.3) is 0 Å². The lowest BCUT2D eigenvalue weighted by atomic mass is 9.92. The second kappa shape index (κ2) is 9.49. The highest BCUT2D eigenvalue weighted by atomic mass is 32.2. The van der Waals surface area contributed by atoms with Gasteiger partial charge in [0.15, 0.2) is 19.7 Å². The largest absolute Gasteiger partial charge is 0.310 e. The number of fused-ring (bicyclic) bond motifs is 1. The molecule has 6 nitrogen and oxygen atoms in total. The number of hydrogen-bond acceptors (Lipinski definition) is 6. The summed E-state index contributed by atoms with van der Waals surface area (Å²) in [5, 5.41) is 2.34. The van der Waals surface area contributed by atoms with Crippen LogP contribution >= 0.6 is 0 Å². The molecule has 0 spiro atoms. The molecule has 1 N–H and O–H groups in total. The van der Waals surface area contributed by atoms with Crippen LogP contribution in [0.15, 0.2) is 47.4 Å². The van der Waals surface area contributed by atoms with Gasteiger partial charge in [0.05, 0.1) is 21.7 Å². The minimum Gasteiger partial charge on any atom is -0.310 e. The summed E-state index contributed by atoms with van der Waals surface area (Å²) < 4.78 is 52.2. The molecule has 1 aliphatic carbocycles. The number of benzene rings is 2. The van der Waals surface area contributed by atoms with Gasteiger partial charge in [-0.1, -0.05) is 35.9 Å². The standard InChI is InChI=1S/C25H34N2O4S2/c1-18-8-10-20(11-9-18)24(27(2)3)15-26-23-16-32(28,29)17-25(23)33(30,31)22-13-12-19-6-4-5-7-21(19)14-22/h8-14,23-26H,4-7,15-17H2,1-3H3/t23-,24?,25-/m0/s1. The van der Waals surface area contributed by atoms with E-state index >= 15 is 0 Å². The molecule has 8 heteroatoms. The Hall–Kier alpha value is -1.74. The fraction of sp³-hybridized carbons (Fsp3) is 0.520. The Morgan fingerprint density at radius 2 is 1.67 bits per heavy atom. The van der Waals surface area contributed by atoms with Crippen LogP contribution in [0.25, 0.3) is 0 Å². The summed E-state index contributed by atoms with van der Waals surface area (Å²) in [4.78, 5) is 2.31. The highest BCUT2D eigenvalue weighted by molar-refractivity contribution is 7.96. The van der Waals surface area contributed by atoms with E-state index in [1.54, 1.807) is 12.1 Å². The highest BCUT2D eigenvalue weighted by Crippen LogP contribution is 2.30. The Morgan fingerprint density at radius 1 is 1.00 bits per heavy atom. The predicted molar refractivity (Wildman–Crippen MR) is 132 cm³/mol. The fourth-order valence-corrected chi connectivity index (χ4v) is 9.79. The molecule has 0 amide bonds. The van der Waals surface area contributed by atoms with Crippen molar-refractivity contribution in [3.8, 4) is 0 Å². The topological polar surface area (TPSA) is 83.5 Å². The summed E-state index contributed by atoms with van der Waals surface area (Å²) in [6.45, 7) is 2.50. The van der Waals surface area contributed by atoms with Gasteiger partial charge in [-0.15, -0.1) is 0 Å². The number of likely N-dealkylation sites (N-methyl/N-ethyl adjacent to an activating group) is 1. The summed E-state index contributed by atoms with van der Waals surface area (Å²) in [5.74, 6) is -0.489. The first-order chi connectivity index (χ1) is 15.6. The maximum atomic E-state index is 13.6. The van der Waals surface area contributed by atoms with Crippen molar-refractivity contribution >= 4 is 19.7 Å². The van der Waals surface area contributed by atoms with E-state index in [0.29, 0.717) is 6.54 Å². The quantitative estimate of drug-likeness (QED) is 0.643. The maximum absolute atomic E-state index is 13.6. The zero-order valence-corrected chi connectivity index (χ0v) is 21.3. The van der Waals surface area contributed by atoms with Crippen LogP contribution < -0.4 is 5.32 Å². The molecule has 0 bridgehead atoms. The average molecular weight is 491 g/mol. The summed E-state index contributed by atoms with van der Waals surface area (Å²) in [6.07, 6.45) is 4.04. The van der Waals surface area contributed by atoms with Crippen LogP contribution in [0.3, 0.4) is 0 Å². The average Bonchev–Trinajstić information content (AvgIpc) is 3.09. The second-order valence-corrected chi connectivity index (χ2v) is 14.0. The summed E-state index contributed by atoms with van der Waals surface area (Å²) >= 11 is 0. The van der Waals surface area contributed by atoms with Gasteiger partial charge in [0.2, 0.25) is 0 Å². The van der Waals surface area contributed by atoms with Gasteiger partial charge in [-0.05, 0) is 75.5 Å². The van der Waals surface area contributed by atoms with E-state index in [2.05, 4.69) is 34.5 Å². The Morgan fingerprint density at radius 3 is 2.33 bits per heavy atom. The number of nitrogens with zero attached hydrogens (tertiary/aromatic N) is 1. The van der Waals surface area contributed by atoms with Crippen LogP contribution in [0.2, 0.25) is 0 Å². The third kappa shape index (κ3) is 5.34. The summed E-state index contributed by atoms with van der Waals surface area (Å²) in [7, 11) is -3.29. The van der Waals surface area contributed by atoms with Gasteiger partial charge in [0.1, 0.15) is 0 Å². The Labute approximate surface area is 198 Å². The molecule has 0 saturated carbocycles. The van der Waals surface area contributed by atoms with Gasteiger partial charge in [-0.2, -0.15) is 0 Å². The summed E-state index contributed by atoms with van der Waals surface area (Å²) in [5.41, 5.74) is 4.57. The molecule has 2 aromatic rings. The molecule has 2 aromatic carbocycles. The predicted octanol–water partition coefficient (Wildman–Crippen LogP) is 2.71. The molecule has 1 saturated heterocycles. The molecule has 2 aliphatic rings. The van der Waals surface area contributed by atoms with E-state index in [-0.39, 0.29) is 22.4 Å². The van der Waals surface area contributed by atoms with Crippen LogP contribution in [0, 0.1) is 6.92 Å². The van der Waals surface area contributed by atoms with Gasteiger partial charge < -0.3 is 10.2 Å².